The molecule has 1 aliphatic carbocycles. The highest BCUT2D eigenvalue weighted by Crippen LogP contribution is 2.25. The highest BCUT2D eigenvalue weighted by atomic mass is 16.2. The number of urea groups is 1. The summed E-state index contributed by atoms with van der Waals surface area (Å²) in [5, 5.41) is 5.88. The molecule has 2 amide bonds. The number of amides is 2. The maximum absolute atomic E-state index is 13.7. The van der Waals surface area contributed by atoms with Crippen molar-refractivity contribution >= 4 is 27.7 Å². The highest BCUT2D eigenvalue weighted by molar-refractivity contribution is 5.85. The van der Waals surface area contributed by atoms with Crippen molar-refractivity contribution in [3.8, 4) is 5.69 Å². The van der Waals surface area contributed by atoms with E-state index in [1.807, 2.05) is 67.6 Å². The predicted molar refractivity (Wildman–Crippen MR) is 136 cm³/mol. The summed E-state index contributed by atoms with van der Waals surface area (Å²) in [6.07, 6.45) is 5.57. The van der Waals surface area contributed by atoms with Gasteiger partial charge in [-0.15, -0.1) is 0 Å². The molecule has 0 bridgehead atoms. The van der Waals surface area contributed by atoms with Gasteiger partial charge in [-0.2, -0.15) is 0 Å². The van der Waals surface area contributed by atoms with Crippen LogP contribution in [-0.2, 0) is 0 Å². The lowest BCUT2D eigenvalue weighted by Crippen LogP contribution is -2.45. The summed E-state index contributed by atoms with van der Waals surface area (Å²) in [7, 11) is 1.77. The molecule has 1 saturated carbocycles. The quantitative estimate of drug-likeness (QED) is 0.438. The highest BCUT2D eigenvalue weighted by Gasteiger charge is 2.26. The van der Waals surface area contributed by atoms with Crippen molar-refractivity contribution in [2.24, 2.45) is 0 Å². The van der Waals surface area contributed by atoms with Gasteiger partial charge in [0.1, 0.15) is 5.82 Å². The Balaban J connectivity index is 1.59. The Morgan fingerprint density at radius 2 is 1.71 bits per heavy atom. The zero-order chi connectivity index (χ0) is 23.7. The second-order valence-corrected chi connectivity index (χ2v) is 9.23. The number of nitrogens with one attached hydrogen (secondary N) is 1. The summed E-state index contributed by atoms with van der Waals surface area (Å²) in [6, 6.07) is 21.1. The average molecular weight is 455 g/mol. The van der Waals surface area contributed by atoms with Crippen molar-refractivity contribution < 1.29 is 4.79 Å². The van der Waals surface area contributed by atoms with Crippen molar-refractivity contribution in [1.29, 1.82) is 0 Å². The normalized spacial score (nSPS) is 15.4. The molecule has 0 saturated heterocycles. The maximum atomic E-state index is 13.7. The molecule has 34 heavy (non-hydrogen) atoms. The minimum atomic E-state index is -0.410. The fourth-order valence-corrected chi connectivity index (χ4v) is 4.87. The van der Waals surface area contributed by atoms with E-state index >= 15 is 0 Å². The summed E-state index contributed by atoms with van der Waals surface area (Å²) in [5.41, 5.74) is 1.24. The van der Waals surface area contributed by atoms with Crippen LogP contribution in [-0.4, -0.2) is 33.6 Å². The van der Waals surface area contributed by atoms with Crippen molar-refractivity contribution in [1.82, 2.24) is 19.8 Å². The van der Waals surface area contributed by atoms with Crippen LogP contribution in [0.2, 0.25) is 0 Å². The number of carbonyl (C=O) groups excluding carboxylic acids is 1. The molecule has 4 aromatic rings. The van der Waals surface area contributed by atoms with Crippen LogP contribution >= 0.6 is 0 Å². The van der Waals surface area contributed by atoms with E-state index < -0.39 is 6.04 Å². The van der Waals surface area contributed by atoms with E-state index in [1.54, 1.807) is 22.6 Å². The summed E-state index contributed by atoms with van der Waals surface area (Å²) in [6.45, 7) is 1.93. The van der Waals surface area contributed by atoms with Gasteiger partial charge in [-0.1, -0.05) is 61.7 Å². The van der Waals surface area contributed by atoms with Crippen LogP contribution in [0, 0.1) is 0 Å². The van der Waals surface area contributed by atoms with Gasteiger partial charge >= 0.3 is 6.03 Å². The molecule has 3 aromatic carbocycles. The van der Waals surface area contributed by atoms with Crippen molar-refractivity contribution in [3.05, 3.63) is 82.9 Å². The largest absolute Gasteiger partial charge is 0.335 e. The van der Waals surface area contributed by atoms with Crippen molar-refractivity contribution in [2.45, 2.75) is 51.1 Å². The first kappa shape index (κ1) is 22.1. The number of para-hydroxylation sites is 1. The first-order valence-electron chi connectivity index (χ1n) is 12.1. The number of fused-ring (bicyclic) bond motifs is 2. The number of rotatable bonds is 4. The van der Waals surface area contributed by atoms with Crippen LogP contribution in [0.1, 0.15) is 50.9 Å². The van der Waals surface area contributed by atoms with Crippen LogP contribution in [0.4, 0.5) is 4.79 Å². The molecule has 6 nitrogen and oxygen atoms in total. The van der Waals surface area contributed by atoms with E-state index in [4.69, 9.17) is 4.98 Å². The van der Waals surface area contributed by atoms with Crippen LogP contribution in [0.3, 0.4) is 0 Å². The Morgan fingerprint density at radius 1 is 1.00 bits per heavy atom. The Kier molecular flexibility index (Phi) is 6.05. The molecule has 1 unspecified atom stereocenters. The minimum absolute atomic E-state index is 0.133. The molecule has 6 heteroatoms. The number of aromatic nitrogens is 2. The van der Waals surface area contributed by atoms with Gasteiger partial charge in [0.2, 0.25) is 0 Å². The Hall–Kier alpha value is -3.67. The second-order valence-electron chi connectivity index (χ2n) is 9.23. The van der Waals surface area contributed by atoms with E-state index in [0.29, 0.717) is 16.7 Å². The molecular weight excluding hydrogens is 424 g/mol. The van der Waals surface area contributed by atoms with E-state index in [9.17, 15) is 9.59 Å². The molecule has 1 heterocycles. The van der Waals surface area contributed by atoms with Gasteiger partial charge in [-0.3, -0.25) is 9.36 Å². The molecular formula is C28H30N4O2. The summed E-state index contributed by atoms with van der Waals surface area (Å²) in [5.74, 6) is 0.542. The van der Waals surface area contributed by atoms with Crippen molar-refractivity contribution in [3.63, 3.8) is 0 Å². The maximum Gasteiger partial charge on any atom is 0.317 e. The first-order valence-corrected chi connectivity index (χ1v) is 12.1. The van der Waals surface area contributed by atoms with Gasteiger partial charge in [-0.05, 0) is 54.8 Å². The number of hydrogen-bond acceptors (Lipinski definition) is 3. The second kappa shape index (κ2) is 9.29. The molecule has 5 rings (SSSR count). The molecule has 174 valence electrons. The lowest BCUT2D eigenvalue weighted by Gasteiger charge is -2.30. The SMILES string of the molecule is CC(c1nc2ccccc2c(=O)n1-c1ccc2ccccc2c1)N(C)C(=O)NC1CCCCC1. The van der Waals surface area contributed by atoms with E-state index in [1.165, 1.54) is 6.42 Å². The average Bonchev–Trinajstić information content (AvgIpc) is 2.88. The number of benzene rings is 3. The summed E-state index contributed by atoms with van der Waals surface area (Å²) in [4.78, 5) is 33.3. The lowest BCUT2D eigenvalue weighted by atomic mass is 9.96. The van der Waals surface area contributed by atoms with Gasteiger partial charge in [0.15, 0.2) is 0 Å². The molecule has 0 radical (unpaired) electrons. The Labute approximate surface area is 199 Å². The molecule has 1 N–H and O–H groups in total. The predicted octanol–water partition coefficient (Wildman–Crippen LogP) is 5.57. The van der Waals surface area contributed by atoms with Gasteiger partial charge in [0, 0.05) is 13.1 Å². The molecule has 0 spiro atoms. The lowest BCUT2D eigenvalue weighted by molar-refractivity contribution is 0.184. The number of nitrogens with zero attached hydrogens (tertiary/aromatic N) is 3. The molecule has 1 atom stereocenters. The van der Waals surface area contributed by atoms with Gasteiger partial charge in [-0.25, -0.2) is 9.78 Å². The van der Waals surface area contributed by atoms with Gasteiger partial charge in [0.25, 0.3) is 5.56 Å². The van der Waals surface area contributed by atoms with Crippen molar-refractivity contribution in [2.75, 3.05) is 7.05 Å². The Bertz CT molecular complexity index is 1400. The third kappa shape index (κ3) is 4.16. The smallest absolute Gasteiger partial charge is 0.317 e. The minimum Gasteiger partial charge on any atom is -0.335 e. The zero-order valence-electron chi connectivity index (χ0n) is 19.7. The monoisotopic (exact) mass is 454 g/mol. The molecule has 0 aliphatic heterocycles. The van der Waals surface area contributed by atoms with E-state index in [-0.39, 0.29) is 17.6 Å². The Morgan fingerprint density at radius 3 is 2.50 bits per heavy atom. The van der Waals surface area contributed by atoms with Gasteiger partial charge < -0.3 is 10.2 Å². The first-order chi connectivity index (χ1) is 16.5. The fourth-order valence-electron chi connectivity index (χ4n) is 4.87. The number of hydrogen-bond donors (Lipinski definition) is 1. The zero-order valence-corrected chi connectivity index (χ0v) is 19.7. The van der Waals surface area contributed by atoms with Crippen LogP contribution < -0.4 is 10.9 Å². The molecule has 1 aromatic heterocycles. The summed E-state index contributed by atoms with van der Waals surface area (Å²) < 4.78 is 1.66. The molecule has 1 aliphatic rings. The molecule has 1 fully saturated rings. The third-order valence-corrected chi connectivity index (χ3v) is 7.00. The van der Waals surface area contributed by atoms with Crippen LogP contribution in [0.15, 0.2) is 71.5 Å². The topological polar surface area (TPSA) is 67.2 Å². The number of carbonyl (C=O) groups is 1. The standard InChI is InChI=1S/C28H30N4O2/c1-19(31(2)28(34)29-22-12-4-3-5-13-22)26-30-25-15-9-8-14-24(25)27(33)32(26)23-17-16-20-10-6-7-11-21(20)18-23/h6-11,14-19,22H,3-5,12-13H2,1-2H3,(H,29,34). The summed E-state index contributed by atoms with van der Waals surface area (Å²) >= 11 is 0. The van der Waals surface area contributed by atoms with Crippen LogP contribution in [0.25, 0.3) is 27.4 Å². The van der Waals surface area contributed by atoms with Gasteiger partial charge in [0.05, 0.1) is 22.6 Å². The van der Waals surface area contributed by atoms with E-state index in [2.05, 4.69) is 5.32 Å². The fraction of sp³-hybridized carbons (Fsp3) is 0.321. The third-order valence-electron chi connectivity index (χ3n) is 7.00. The van der Waals surface area contributed by atoms with Crippen LogP contribution in [0.5, 0.6) is 0 Å². The van der Waals surface area contributed by atoms with E-state index in [0.717, 1.165) is 42.1 Å².